The lowest BCUT2D eigenvalue weighted by Gasteiger charge is -2.01. The molecule has 1 N–H and O–H groups in total. The van der Waals surface area contributed by atoms with Gasteiger partial charge in [0, 0.05) is 12.3 Å². The van der Waals surface area contributed by atoms with Crippen LogP contribution < -0.4 is 5.32 Å². The van der Waals surface area contributed by atoms with Crippen LogP contribution in [0.2, 0.25) is 0 Å². The summed E-state index contributed by atoms with van der Waals surface area (Å²) < 4.78 is 11.3. The van der Waals surface area contributed by atoms with Gasteiger partial charge in [0.1, 0.15) is 5.76 Å². The molecule has 0 amide bonds. The van der Waals surface area contributed by atoms with Crippen LogP contribution in [-0.2, 0) is 11.2 Å². The summed E-state index contributed by atoms with van der Waals surface area (Å²) in [6.07, 6.45) is 5.23. The lowest BCUT2D eigenvalue weighted by molar-refractivity contribution is 0.122. The number of rotatable bonds is 5. The fraction of sp³-hybridized carbons (Fsp3) is 0.750. The molecule has 0 aliphatic carbocycles. The van der Waals surface area contributed by atoms with Gasteiger partial charge in [0.05, 0.1) is 18.9 Å². The first-order chi connectivity index (χ1) is 7.79. The number of nitrogens with one attached hydrogen (secondary N) is 1. The van der Waals surface area contributed by atoms with Gasteiger partial charge in [0.2, 0.25) is 0 Å². The van der Waals surface area contributed by atoms with Crippen molar-refractivity contribution in [3.63, 3.8) is 0 Å². The molecule has 90 valence electrons. The Labute approximate surface area is 96.4 Å². The molecule has 2 atom stereocenters. The highest BCUT2D eigenvalue weighted by Crippen LogP contribution is 2.29. The van der Waals surface area contributed by atoms with E-state index in [-0.39, 0.29) is 0 Å². The van der Waals surface area contributed by atoms with E-state index in [0.29, 0.717) is 12.0 Å². The maximum absolute atomic E-state index is 5.74. The number of hydrogen-bond donors (Lipinski definition) is 1. The molecule has 1 aliphatic heterocycles. The Balaban J connectivity index is 1.87. The van der Waals surface area contributed by atoms with Gasteiger partial charge in [-0.25, -0.2) is 4.98 Å². The van der Waals surface area contributed by atoms with Crippen molar-refractivity contribution in [3.05, 3.63) is 17.8 Å². The number of aromatic nitrogens is 1. The highest BCUT2D eigenvalue weighted by Gasteiger charge is 2.26. The summed E-state index contributed by atoms with van der Waals surface area (Å²) in [5.74, 6) is 2.24. The van der Waals surface area contributed by atoms with Crippen molar-refractivity contribution >= 4 is 0 Å². The molecule has 16 heavy (non-hydrogen) atoms. The molecule has 0 saturated carbocycles. The van der Waals surface area contributed by atoms with Crippen LogP contribution in [0.1, 0.15) is 37.3 Å². The van der Waals surface area contributed by atoms with Crippen molar-refractivity contribution in [2.75, 3.05) is 20.2 Å². The van der Waals surface area contributed by atoms with E-state index in [1.54, 1.807) is 0 Å². The third kappa shape index (κ3) is 2.83. The van der Waals surface area contributed by atoms with E-state index in [1.165, 1.54) is 0 Å². The molecule has 2 rings (SSSR count). The minimum absolute atomic E-state index is 0.350. The molecule has 4 nitrogen and oxygen atoms in total. The molecule has 0 radical (unpaired) electrons. The standard InChI is InChI=1S/C12H20N2O2/c1-9-6-10(8-15-9)11-7-14-12(16-11)4-3-5-13-2/h7,9-10,13H,3-6,8H2,1-2H3. The largest absolute Gasteiger partial charge is 0.445 e. The second-order valence-electron chi connectivity index (χ2n) is 4.44. The van der Waals surface area contributed by atoms with Crippen molar-refractivity contribution in [2.45, 2.75) is 38.2 Å². The predicted molar refractivity (Wildman–Crippen MR) is 61.5 cm³/mol. The second kappa shape index (κ2) is 5.46. The van der Waals surface area contributed by atoms with Crippen molar-refractivity contribution < 1.29 is 9.15 Å². The van der Waals surface area contributed by atoms with E-state index in [4.69, 9.17) is 9.15 Å². The zero-order valence-corrected chi connectivity index (χ0v) is 10.0. The Kier molecular flexibility index (Phi) is 3.96. The minimum atomic E-state index is 0.350. The fourth-order valence-corrected chi connectivity index (χ4v) is 2.06. The Hall–Kier alpha value is -0.870. The summed E-state index contributed by atoms with van der Waals surface area (Å²) in [6.45, 7) is 3.87. The first-order valence-electron chi connectivity index (χ1n) is 6.00. The average Bonchev–Trinajstić information content (AvgIpc) is 2.87. The summed E-state index contributed by atoms with van der Waals surface area (Å²) in [6, 6.07) is 0. The first kappa shape index (κ1) is 11.6. The van der Waals surface area contributed by atoms with Gasteiger partial charge in [-0.15, -0.1) is 0 Å². The normalized spacial score (nSPS) is 25.1. The zero-order valence-electron chi connectivity index (χ0n) is 10.0. The Morgan fingerprint density at radius 3 is 3.12 bits per heavy atom. The molecule has 0 bridgehead atoms. The van der Waals surface area contributed by atoms with Crippen LogP contribution in [0.25, 0.3) is 0 Å². The van der Waals surface area contributed by atoms with Crippen LogP contribution in [-0.4, -0.2) is 31.3 Å². The quantitative estimate of drug-likeness (QED) is 0.774. The van der Waals surface area contributed by atoms with Crippen LogP contribution in [0, 0.1) is 0 Å². The summed E-state index contributed by atoms with van der Waals surface area (Å²) >= 11 is 0. The second-order valence-corrected chi connectivity index (χ2v) is 4.44. The van der Waals surface area contributed by atoms with E-state index in [1.807, 2.05) is 13.2 Å². The average molecular weight is 224 g/mol. The molecular weight excluding hydrogens is 204 g/mol. The molecule has 0 spiro atoms. The molecule has 1 aromatic heterocycles. The van der Waals surface area contributed by atoms with Crippen molar-refractivity contribution in [2.24, 2.45) is 0 Å². The maximum atomic E-state index is 5.74. The summed E-state index contributed by atoms with van der Waals surface area (Å²) in [7, 11) is 1.96. The lowest BCUT2D eigenvalue weighted by Crippen LogP contribution is -2.08. The number of ether oxygens (including phenoxy) is 1. The zero-order chi connectivity index (χ0) is 11.4. The van der Waals surface area contributed by atoms with Crippen LogP contribution in [0.4, 0.5) is 0 Å². The van der Waals surface area contributed by atoms with Crippen molar-refractivity contribution in [1.29, 1.82) is 0 Å². The Bertz CT molecular complexity index is 325. The molecule has 1 saturated heterocycles. The number of nitrogens with zero attached hydrogens (tertiary/aromatic N) is 1. The number of aryl methyl sites for hydroxylation is 1. The Morgan fingerprint density at radius 2 is 2.44 bits per heavy atom. The van der Waals surface area contributed by atoms with Crippen molar-refractivity contribution in [3.8, 4) is 0 Å². The third-order valence-electron chi connectivity index (χ3n) is 2.99. The highest BCUT2D eigenvalue weighted by atomic mass is 16.5. The lowest BCUT2D eigenvalue weighted by atomic mass is 10.0. The summed E-state index contributed by atoms with van der Waals surface area (Å²) in [4.78, 5) is 4.31. The molecular formula is C12H20N2O2. The van der Waals surface area contributed by atoms with Crippen LogP contribution in [0.5, 0.6) is 0 Å². The summed E-state index contributed by atoms with van der Waals surface area (Å²) in [5, 5.41) is 3.12. The molecule has 1 fully saturated rings. The van der Waals surface area contributed by atoms with Gasteiger partial charge >= 0.3 is 0 Å². The van der Waals surface area contributed by atoms with Crippen LogP contribution >= 0.6 is 0 Å². The van der Waals surface area contributed by atoms with Crippen LogP contribution in [0.3, 0.4) is 0 Å². The third-order valence-corrected chi connectivity index (χ3v) is 2.99. The molecule has 2 heterocycles. The topological polar surface area (TPSA) is 47.3 Å². The van der Waals surface area contributed by atoms with E-state index < -0.39 is 0 Å². The molecule has 1 aliphatic rings. The molecule has 2 unspecified atom stereocenters. The molecule has 0 aromatic carbocycles. The van der Waals surface area contributed by atoms with Gasteiger partial charge < -0.3 is 14.5 Å². The number of hydrogen-bond acceptors (Lipinski definition) is 4. The van der Waals surface area contributed by atoms with Crippen LogP contribution in [0.15, 0.2) is 10.6 Å². The van der Waals surface area contributed by atoms with E-state index in [9.17, 15) is 0 Å². The van der Waals surface area contributed by atoms with Gasteiger partial charge in [-0.3, -0.25) is 0 Å². The Morgan fingerprint density at radius 1 is 1.56 bits per heavy atom. The molecule has 4 heteroatoms. The van der Waals surface area contributed by atoms with Crippen molar-refractivity contribution in [1.82, 2.24) is 10.3 Å². The van der Waals surface area contributed by atoms with Gasteiger partial charge in [-0.1, -0.05) is 0 Å². The monoisotopic (exact) mass is 224 g/mol. The number of oxazole rings is 1. The maximum Gasteiger partial charge on any atom is 0.194 e. The SMILES string of the molecule is CNCCCc1ncc(C2COC(C)C2)o1. The van der Waals surface area contributed by atoms with Gasteiger partial charge in [-0.05, 0) is 33.4 Å². The predicted octanol–water partition coefficient (Wildman–Crippen LogP) is 1.72. The van der Waals surface area contributed by atoms with E-state index in [0.717, 1.165) is 44.1 Å². The van der Waals surface area contributed by atoms with Gasteiger partial charge in [0.15, 0.2) is 5.89 Å². The fourth-order valence-electron chi connectivity index (χ4n) is 2.06. The van der Waals surface area contributed by atoms with Gasteiger partial charge in [-0.2, -0.15) is 0 Å². The minimum Gasteiger partial charge on any atom is -0.445 e. The van der Waals surface area contributed by atoms with E-state index in [2.05, 4.69) is 17.2 Å². The van der Waals surface area contributed by atoms with Gasteiger partial charge in [0.25, 0.3) is 0 Å². The molecule has 1 aromatic rings. The first-order valence-corrected chi connectivity index (χ1v) is 6.00. The van der Waals surface area contributed by atoms with E-state index >= 15 is 0 Å². The smallest absolute Gasteiger partial charge is 0.194 e. The summed E-state index contributed by atoms with van der Waals surface area (Å²) in [5.41, 5.74) is 0. The highest BCUT2D eigenvalue weighted by molar-refractivity contribution is 5.04.